The number of benzene rings is 2. The summed E-state index contributed by atoms with van der Waals surface area (Å²) >= 11 is 0. The van der Waals surface area contributed by atoms with Crippen LogP contribution in [0.25, 0.3) is 6.08 Å². The molecule has 0 bridgehead atoms. The summed E-state index contributed by atoms with van der Waals surface area (Å²) < 4.78 is 26.1. The summed E-state index contributed by atoms with van der Waals surface area (Å²) in [5.74, 6) is -3.14. The first-order chi connectivity index (χ1) is 12.8. The predicted octanol–water partition coefficient (Wildman–Crippen LogP) is 3.86. The molecule has 1 heterocycles. The molecule has 3 rings (SSSR count). The quantitative estimate of drug-likeness (QED) is 0.813. The lowest BCUT2D eigenvalue weighted by Gasteiger charge is -2.14. The number of aliphatic carboxylic acids is 1. The third-order valence-electron chi connectivity index (χ3n) is 4.25. The number of hydrogen-bond acceptors (Lipinski definition) is 3. The van der Waals surface area contributed by atoms with Gasteiger partial charge in [-0.3, -0.25) is 4.79 Å². The number of carbonyl (C=O) groups excluding carboxylic acids is 1. The van der Waals surface area contributed by atoms with E-state index in [0.717, 1.165) is 5.01 Å². The smallest absolute Gasteiger partial charge is 0.331 e. The summed E-state index contributed by atoms with van der Waals surface area (Å²) in [5, 5.41) is 14.8. The van der Waals surface area contributed by atoms with Gasteiger partial charge in [0.2, 0.25) is 0 Å². The lowest BCUT2D eigenvalue weighted by atomic mass is 9.94. The fourth-order valence-electron chi connectivity index (χ4n) is 2.79. The van der Waals surface area contributed by atoms with Crippen molar-refractivity contribution in [3.05, 3.63) is 71.3 Å². The van der Waals surface area contributed by atoms with Gasteiger partial charge >= 0.3 is 5.97 Å². The molecule has 5 nitrogen and oxygen atoms in total. The van der Waals surface area contributed by atoms with Crippen molar-refractivity contribution >= 4 is 29.4 Å². The van der Waals surface area contributed by atoms with E-state index in [0.29, 0.717) is 17.0 Å². The van der Waals surface area contributed by atoms with Crippen molar-refractivity contribution in [2.24, 2.45) is 11.0 Å². The number of halogens is 2. The van der Waals surface area contributed by atoms with Gasteiger partial charge in [0.05, 0.1) is 11.6 Å². The second kappa shape index (κ2) is 7.49. The Hall–Kier alpha value is -3.35. The highest BCUT2D eigenvalue weighted by Gasteiger charge is 2.35. The van der Waals surface area contributed by atoms with Crippen LogP contribution in [0.5, 0.6) is 0 Å². The molecule has 2 aromatic carbocycles. The average Bonchev–Trinajstić information content (AvgIpc) is 2.91. The Morgan fingerprint density at radius 2 is 1.67 bits per heavy atom. The van der Waals surface area contributed by atoms with Crippen LogP contribution in [0.2, 0.25) is 0 Å². The minimum absolute atomic E-state index is 0.00969. The normalized spacial score (nSPS) is 17.2. The number of hydrazone groups is 1. The Morgan fingerprint density at radius 3 is 2.22 bits per heavy atom. The second-order valence-electron chi connectivity index (χ2n) is 6.15. The van der Waals surface area contributed by atoms with Crippen LogP contribution in [0, 0.1) is 17.6 Å². The molecule has 0 aromatic heterocycles. The van der Waals surface area contributed by atoms with Crippen LogP contribution in [0.4, 0.5) is 14.5 Å². The highest BCUT2D eigenvalue weighted by molar-refractivity contribution is 6.15. The van der Waals surface area contributed by atoms with Crippen LogP contribution in [0.3, 0.4) is 0 Å². The molecule has 0 aliphatic carbocycles. The number of carboxylic acids is 1. The molecule has 1 aliphatic heterocycles. The van der Waals surface area contributed by atoms with Gasteiger partial charge in [-0.15, -0.1) is 0 Å². The maximum absolute atomic E-state index is 13.1. The first-order valence-corrected chi connectivity index (χ1v) is 8.19. The molecule has 1 N–H and O–H groups in total. The largest absolute Gasteiger partial charge is 0.478 e. The molecule has 1 aliphatic rings. The van der Waals surface area contributed by atoms with Crippen molar-refractivity contribution in [2.75, 3.05) is 5.01 Å². The van der Waals surface area contributed by atoms with Gasteiger partial charge in [-0.05, 0) is 61.4 Å². The lowest BCUT2D eigenvalue weighted by Crippen LogP contribution is -2.28. The van der Waals surface area contributed by atoms with Crippen molar-refractivity contribution in [1.82, 2.24) is 0 Å². The molecular formula is C20H16F2N2O3. The number of anilines is 1. The predicted molar refractivity (Wildman–Crippen MR) is 97.1 cm³/mol. The van der Waals surface area contributed by atoms with Crippen LogP contribution in [-0.4, -0.2) is 22.7 Å². The van der Waals surface area contributed by atoms with Crippen molar-refractivity contribution in [3.63, 3.8) is 0 Å². The topological polar surface area (TPSA) is 70.0 Å². The lowest BCUT2D eigenvalue weighted by molar-refractivity contribution is -0.132. The standard InChI is InChI=1S/C20H16F2N2O3/c1-12-18(19(25)24(23-12)17-8-6-16(22)7-9-17)11-14(20(26)27)10-13-2-4-15(21)5-3-13/h2-10,18H,11H2,1H3,(H,26,27). The molecule has 0 fully saturated rings. The average molecular weight is 370 g/mol. The van der Waals surface area contributed by atoms with E-state index in [2.05, 4.69) is 5.10 Å². The molecule has 1 atom stereocenters. The summed E-state index contributed by atoms with van der Waals surface area (Å²) in [7, 11) is 0. The van der Waals surface area contributed by atoms with Gasteiger partial charge in [0.15, 0.2) is 0 Å². The third-order valence-corrected chi connectivity index (χ3v) is 4.25. The Labute approximate surface area is 154 Å². The highest BCUT2D eigenvalue weighted by Crippen LogP contribution is 2.28. The monoisotopic (exact) mass is 370 g/mol. The van der Waals surface area contributed by atoms with Crippen LogP contribution in [0.1, 0.15) is 18.9 Å². The van der Waals surface area contributed by atoms with E-state index < -0.39 is 23.5 Å². The van der Waals surface area contributed by atoms with E-state index in [1.807, 2.05) is 0 Å². The second-order valence-corrected chi connectivity index (χ2v) is 6.15. The van der Waals surface area contributed by atoms with E-state index in [1.54, 1.807) is 6.92 Å². The molecule has 0 radical (unpaired) electrons. The number of carboxylic acid groups (broad SMARTS) is 1. The molecule has 0 spiro atoms. The molecule has 27 heavy (non-hydrogen) atoms. The zero-order valence-electron chi connectivity index (χ0n) is 14.4. The summed E-state index contributed by atoms with van der Waals surface area (Å²) in [6.07, 6.45) is 1.35. The Balaban J connectivity index is 1.83. The Kier molecular flexibility index (Phi) is 5.12. The molecule has 2 aromatic rings. The molecule has 1 amide bonds. The van der Waals surface area contributed by atoms with E-state index in [9.17, 15) is 23.5 Å². The Bertz CT molecular complexity index is 935. The number of carbonyl (C=O) groups is 2. The number of amides is 1. The van der Waals surface area contributed by atoms with Crippen LogP contribution in [-0.2, 0) is 9.59 Å². The van der Waals surface area contributed by atoms with Crippen LogP contribution < -0.4 is 5.01 Å². The molecule has 0 saturated carbocycles. The maximum atomic E-state index is 13.1. The summed E-state index contributed by atoms with van der Waals surface area (Å²) in [6.45, 7) is 1.64. The SMILES string of the molecule is CC1=NN(c2ccc(F)cc2)C(=O)C1CC(=Cc1ccc(F)cc1)C(=O)O. The van der Waals surface area contributed by atoms with Gasteiger partial charge in [0, 0.05) is 11.3 Å². The Morgan fingerprint density at radius 1 is 1.11 bits per heavy atom. The first kappa shape index (κ1) is 18.4. The van der Waals surface area contributed by atoms with Gasteiger partial charge < -0.3 is 5.11 Å². The van der Waals surface area contributed by atoms with Crippen molar-refractivity contribution in [1.29, 1.82) is 0 Å². The van der Waals surface area contributed by atoms with E-state index in [-0.39, 0.29) is 17.9 Å². The number of nitrogens with zero attached hydrogens (tertiary/aromatic N) is 2. The van der Waals surface area contributed by atoms with Crippen molar-refractivity contribution < 1.29 is 23.5 Å². The minimum atomic E-state index is -1.17. The van der Waals surface area contributed by atoms with Gasteiger partial charge in [-0.25, -0.2) is 18.6 Å². The molecule has 138 valence electrons. The minimum Gasteiger partial charge on any atom is -0.478 e. The molecule has 7 heteroatoms. The van der Waals surface area contributed by atoms with Gasteiger partial charge in [0.1, 0.15) is 11.6 Å². The van der Waals surface area contributed by atoms with Crippen molar-refractivity contribution in [2.45, 2.75) is 13.3 Å². The highest BCUT2D eigenvalue weighted by atomic mass is 19.1. The fraction of sp³-hybridized carbons (Fsp3) is 0.150. The van der Waals surface area contributed by atoms with E-state index in [4.69, 9.17) is 0 Å². The fourth-order valence-corrected chi connectivity index (χ4v) is 2.79. The molecule has 0 saturated heterocycles. The van der Waals surface area contributed by atoms with Gasteiger partial charge in [-0.1, -0.05) is 12.1 Å². The molecular weight excluding hydrogens is 354 g/mol. The van der Waals surface area contributed by atoms with E-state index in [1.165, 1.54) is 54.6 Å². The zero-order chi connectivity index (χ0) is 19.6. The van der Waals surface area contributed by atoms with Gasteiger partial charge in [-0.2, -0.15) is 5.10 Å². The van der Waals surface area contributed by atoms with Gasteiger partial charge in [0.25, 0.3) is 5.91 Å². The summed E-state index contributed by atoms with van der Waals surface area (Å²) in [6, 6.07) is 10.7. The molecule has 1 unspecified atom stereocenters. The van der Waals surface area contributed by atoms with Crippen LogP contribution in [0.15, 0.2) is 59.2 Å². The number of hydrogen-bond donors (Lipinski definition) is 1. The van der Waals surface area contributed by atoms with Crippen molar-refractivity contribution in [3.8, 4) is 0 Å². The zero-order valence-corrected chi connectivity index (χ0v) is 14.4. The summed E-state index contributed by atoms with van der Waals surface area (Å²) in [4.78, 5) is 24.3. The maximum Gasteiger partial charge on any atom is 0.331 e. The summed E-state index contributed by atoms with van der Waals surface area (Å²) in [5.41, 5.74) is 1.40. The first-order valence-electron chi connectivity index (χ1n) is 8.19. The third kappa shape index (κ3) is 4.08. The van der Waals surface area contributed by atoms with E-state index >= 15 is 0 Å². The number of rotatable bonds is 5. The van der Waals surface area contributed by atoms with Crippen LogP contribution >= 0.6 is 0 Å².